The van der Waals surface area contributed by atoms with Crippen LogP contribution in [0.4, 0.5) is 0 Å². The van der Waals surface area contributed by atoms with E-state index in [0.717, 1.165) is 11.6 Å². The fourth-order valence-electron chi connectivity index (χ4n) is 1.70. The number of hydrogen-bond acceptors (Lipinski definition) is 2. The van der Waals surface area contributed by atoms with Crippen molar-refractivity contribution in [3.8, 4) is 0 Å². The van der Waals surface area contributed by atoms with Gasteiger partial charge in [-0.1, -0.05) is 48.0 Å². The van der Waals surface area contributed by atoms with Crippen LogP contribution >= 0.6 is 11.6 Å². The average Bonchev–Trinajstić information content (AvgIpc) is 2.44. The van der Waals surface area contributed by atoms with Crippen LogP contribution in [0.15, 0.2) is 59.2 Å². The number of aliphatic carboxylic acids is 2. The Bertz CT molecular complexity index is 624. The van der Waals surface area contributed by atoms with Gasteiger partial charge in [-0.2, -0.15) is 0 Å². The molecule has 0 unspecified atom stereocenters. The van der Waals surface area contributed by atoms with Crippen molar-refractivity contribution in [2.24, 2.45) is 0 Å². The molecule has 0 fully saturated rings. The van der Waals surface area contributed by atoms with Gasteiger partial charge in [0.25, 0.3) is 0 Å². The third-order valence-corrected chi connectivity index (χ3v) is 3.17. The number of benzene rings is 1. The van der Waals surface area contributed by atoms with Crippen LogP contribution < -0.4 is 0 Å². The predicted octanol–water partition coefficient (Wildman–Crippen LogP) is 3.70. The zero-order chi connectivity index (χ0) is 16.0. The highest BCUT2D eigenvalue weighted by Crippen LogP contribution is 2.24. The summed E-state index contributed by atoms with van der Waals surface area (Å²) in [6.45, 7) is 3.39. The van der Waals surface area contributed by atoms with Gasteiger partial charge in [-0.05, 0) is 36.6 Å². The Morgan fingerprint density at radius 1 is 1.00 bits per heavy atom. The normalized spacial score (nSPS) is 12.4. The van der Waals surface area contributed by atoms with Gasteiger partial charge >= 0.3 is 11.9 Å². The molecule has 0 radical (unpaired) electrons. The highest BCUT2D eigenvalue weighted by atomic mass is 35.5. The van der Waals surface area contributed by atoms with E-state index in [1.165, 1.54) is 0 Å². The van der Waals surface area contributed by atoms with E-state index in [1.54, 1.807) is 19.9 Å². The molecular formula is C16H15ClO4. The minimum absolute atomic E-state index is 0.487. The summed E-state index contributed by atoms with van der Waals surface area (Å²) in [6.07, 6.45) is 2.74. The van der Waals surface area contributed by atoms with Crippen LogP contribution in [0, 0.1) is 0 Å². The summed E-state index contributed by atoms with van der Waals surface area (Å²) < 4.78 is 0. The van der Waals surface area contributed by atoms with E-state index in [0.29, 0.717) is 16.2 Å². The van der Waals surface area contributed by atoms with Gasteiger partial charge in [0.2, 0.25) is 0 Å². The van der Waals surface area contributed by atoms with Gasteiger partial charge in [-0.25, -0.2) is 9.59 Å². The quantitative estimate of drug-likeness (QED) is 0.376. The zero-order valence-corrected chi connectivity index (χ0v) is 12.4. The highest BCUT2D eigenvalue weighted by Gasteiger charge is 2.15. The highest BCUT2D eigenvalue weighted by molar-refractivity contribution is 6.49. The summed E-state index contributed by atoms with van der Waals surface area (Å²) in [5.41, 5.74) is 1.35. The predicted molar refractivity (Wildman–Crippen MR) is 82.0 cm³/mol. The molecule has 0 bridgehead atoms. The molecule has 1 aromatic rings. The first-order chi connectivity index (χ1) is 9.82. The van der Waals surface area contributed by atoms with Crippen molar-refractivity contribution >= 4 is 28.6 Å². The summed E-state index contributed by atoms with van der Waals surface area (Å²) >= 11 is 6.24. The monoisotopic (exact) mass is 306 g/mol. The summed E-state index contributed by atoms with van der Waals surface area (Å²) in [5, 5.41) is 18.1. The van der Waals surface area contributed by atoms with Crippen LogP contribution in [-0.4, -0.2) is 22.2 Å². The van der Waals surface area contributed by atoms with Gasteiger partial charge in [0.05, 0.1) is 5.03 Å². The lowest BCUT2D eigenvalue weighted by atomic mass is 10.1. The molecule has 2 N–H and O–H groups in total. The Labute approximate surface area is 127 Å². The van der Waals surface area contributed by atoms with E-state index >= 15 is 0 Å². The van der Waals surface area contributed by atoms with Gasteiger partial charge in [0.1, 0.15) is 5.57 Å². The van der Waals surface area contributed by atoms with Crippen LogP contribution in [0.2, 0.25) is 0 Å². The third-order valence-electron chi connectivity index (χ3n) is 2.65. The second-order valence-corrected chi connectivity index (χ2v) is 4.80. The molecule has 4 nitrogen and oxygen atoms in total. The molecule has 1 aromatic carbocycles. The standard InChI is InChI=1S/C16H15ClO4/c1-10(9-13(15(18)19)16(20)21)8-11(2)14(17)12-6-4-3-5-7-12/h3-9H,1-2H3,(H,18,19)(H,20,21)/b10-8+,14-11-. The van der Waals surface area contributed by atoms with E-state index in [-0.39, 0.29) is 0 Å². The molecule has 21 heavy (non-hydrogen) atoms. The Kier molecular flexibility index (Phi) is 5.93. The minimum atomic E-state index is -1.48. The number of carbonyl (C=O) groups is 2. The van der Waals surface area contributed by atoms with Crippen molar-refractivity contribution in [3.05, 3.63) is 64.8 Å². The maximum absolute atomic E-state index is 10.8. The average molecular weight is 307 g/mol. The molecule has 5 heteroatoms. The van der Waals surface area contributed by atoms with Gasteiger partial charge in [0, 0.05) is 0 Å². The molecule has 0 aliphatic heterocycles. The van der Waals surface area contributed by atoms with E-state index in [1.807, 2.05) is 30.3 Å². The fourth-order valence-corrected chi connectivity index (χ4v) is 1.88. The summed E-state index contributed by atoms with van der Waals surface area (Å²) in [5.74, 6) is -2.96. The second kappa shape index (κ2) is 7.45. The number of carboxylic acids is 2. The minimum Gasteiger partial charge on any atom is -0.477 e. The molecule has 0 saturated heterocycles. The van der Waals surface area contributed by atoms with Crippen molar-refractivity contribution < 1.29 is 19.8 Å². The lowest BCUT2D eigenvalue weighted by molar-refractivity contribution is -0.140. The summed E-state index contributed by atoms with van der Waals surface area (Å²) in [4.78, 5) is 21.6. The van der Waals surface area contributed by atoms with Crippen molar-refractivity contribution in [2.45, 2.75) is 13.8 Å². The summed E-state index contributed by atoms with van der Waals surface area (Å²) in [6, 6.07) is 9.29. The topological polar surface area (TPSA) is 74.6 Å². The van der Waals surface area contributed by atoms with Crippen molar-refractivity contribution in [3.63, 3.8) is 0 Å². The SMILES string of the molecule is CC(/C=C(\C)C=C(C(=O)O)C(=O)O)=C(/Cl)c1ccccc1. The number of allylic oxidation sites excluding steroid dienone is 4. The smallest absolute Gasteiger partial charge is 0.343 e. The van der Waals surface area contributed by atoms with E-state index in [4.69, 9.17) is 21.8 Å². The maximum atomic E-state index is 10.8. The van der Waals surface area contributed by atoms with Crippen LogP contribution in [0.25, 0.3) is 5.03 Å². The van der Waals surface area contributed by atoms with Gasteiger partial charge in [-0.15, -0.1) is 0 Å². The van der Waals surface area contributed by atoms with Gasteiger partial charge in [0.15, 0.2) is 0 Å². The Morgan fingerprint density at radius 3 is 2.00 bits per heavy atom. The van der Waals surface area contributed by atoms with Crippen molar-refractivity contribution in [2.75, 3.05) is 0 Å². The zero-order valence-electron chi connectivity index (χ0n) is 11.6. The molecular weight excluding hydrogens is 292 g/mol. The molecule has 0 spiro atoms. The molecule has 0 aromatic heterocycles. The molecule has 1 rings (SSSR count). The van der Waals surface area contributed by atoms with Crippen molar-refractivity contribution in [1.29, 1.82) is 0 Å². The van der Waals surface area contributed by atoms with Crippen LogP contribution in [-0.2, 0) is 9.59 Å². The molecule has 0 aliphatic rings. The third kappa shape index (κ3) is 4.93. The van der Waals surface area contributed by atoms with E-state index < -0.39 is 17.5 Å². The number of rotatable bonds is 5. The second-order valence-electron chi connectivity index (χ2n) is 4.42. The molecule has 0 aliphatic carbocycles. The lowest BCUT2D eigenvalue weighted by Crippen LogP contribution is -2.11. The molecule has 110 valence electrons. The first kappa shape index (κ1) is 16.7. The lowest BCUT2D eigenvalue weighted by Gasteiger charge is -2.03. The molecule has 0 amide bonds. The van der Waals surface area contributed by atoms with E-state index in [9.17, 15) is 9.59 Å². The maximum Gasteiger partial charge on any atom is 0.343 e. The first-order valence-electron chi connectivity index (χ1n) is 6.11. The molecule has 0 saturated carbocycles. The Hall–Kier alpha value is -2.33. The number of halogens is 1. The van der Waals surface area contributed by atoms with Crippen molar-refractivity contribution in [1.82, 2.24) is 0 Å². The Morgan fingerprint density at radius 2 is 1.52 bits per heavy atom. The van der Waals surface area contributed by atoms with Crippen LogP contribution in [0.3, 0.4) is 0 Å². The molecule has 0 atom stereocenters. The first-order valence-corrected chi connectivity index (χ1v) is 6.49. The number of carboxylic acid groups (broad SMARTS) is 2. The fraction of sp³-hybridized carbons (Fsp3) is 0.125. The van der Waals surface area contributed by atoms with Crippen LogP contribution in [0.5, 0.6) is 0 Å². The molecule has 0 heterocycles. The number of hydrogen-bond donors (Lipinski definition) is 2. The van der Waals surface area contributed by atoms with Gasteiger partial charge in [-0.3, -0.25) is 0 Å². The largest absolute Gasteiger partial charge is 0.477 e. The van der Waals surface area contributed by atoms with Gasteiger partial charge < -0.3 is 10.2 Å². The van der Waals surface area contributed by atoms with E-state index in [2.05, 4.69) is 0 Å². The Balaban J connectivity index is 3.14. The summed E-state index contributed by atoms with van der Waals surface area (Å²) in [7, 11) is 0. The van der Waals surface area contributed by atoms with Crippen LogP contribution in [0.1, 0.15) is 19.4 Å².